The zero-order chi connectivity index (χ0) is 36.0. The van der Waals surface area contributed by atoms with Crippen molar-refractivity contribution >= 4 is 35.5 Å². The molecule has 0 spiro atoms. The molecule has 2 aromatic rings. The second-order valence-corrected chi connectivity index (χ2v) is 11.1. The van der Waals surface area contributed by atoms with Gasteiger partial charge in [-0.1, -0.05) is 48.9 Å². The summed E-state index contributed by atoms with van der Waals surface area (Å²) in [5, 5.41) is 34.5. The number of para-hydroxylation sites is 2. The van der Waals surface area contributed by atoms with Crippen molar-refractivity contribution in [3.63, 3.8) is 0 Å². The summed E-state index contributed by atoms with van der Waals surface area (Å²) in [5.74, 6) is -3.89. The van der Waals surface area contributed by atoms with E-state index in [1.54, 1.807) is 7.11 Å². The molecule has 2 heterocycles. The van der Waals surface area contributed by atoms with E-state index in [0.717, 1.165) is 77.4 Å². The number of rotatable bonds is 13. The zero-order valence-electron chi connectivity index (χ0n) is 27.6. The number of likely N-dealkylation sites (tertiary alicyclic amines) is 1. The van der Waals surface area contributed by atoms with E-state index in [1.807, 2.05) is 18.2 Å². The Hall–Kier alpha value is -5.21. The molecule has 14 heteroatoms. The van der Waals surface area contributed by atoms with Crippen LogP contribution in [0, 0.1) is 0 Å². The number of carbonyl (C=O) groups excluding carboxylic acids is 1. The summed E-state index contributed by atoms with van der Waals surface area (Å²) in [6.45, 7) is 7.73. The van der Waals surface area contributed by atoms with Crippen molar-refractivity contribution in [1.82, 2.24) is 15.1 Å². The molecule has 2 fully saturated rings. The van der Waals surface area contributed by atoms with Gasteiger partial charge in [0.1, 0.15) is 5.75 Å². The lowest BCUT2D eigenvalue weighted by Crippen LogP contribution is -2.50. The number of anilines is 1. The Balaban J connectivity index is 0.000000432. The number of hydrogen-bond donors (Lipinski definition) is 5. The van der Waals surface area contributed by atoms with Crippen LogP contribution in [0.1, 0.15) is 31.2 Å². The summed E-state index contributed by atoms with van der Waals surface area (Å²) in [4.78, 5) is 58.4. The summed E-state index contributed by atoms with van der Waals surface area (Å²) >= 11 is 0. The van der Waals surface area contributed by atoms with Crippen molar-refractivity contribution in [2.45, 2.75) is 38.3 Å². The Labute approximate surface area is 285 Å². The summed E-state index contributed by atoms with van der Waals surface area (Å²) in [6, 6.07) is 18.7. The molecule has 0 radical (unpaired) electrons. The van der Waals surface area contributed by atoms with E-state index >= 15 is 0 Å². The Bertz CT molecular complexity index is 1340. The number of ether oxygens (including phenoxy) is 1. The molecule has 1 amide bonds. The maximum atomic E-state index is 12.9. The molecule has 2 saturated heterocycles. The summed E-state index contributed by atoms with van der Waals surface area (Å²) < 4.78 is 5.52. The van der Waals surface area contributed by atoms with E-state index in [-0.39, 0.29) is 11.9 Å². The van der Waals surface area contributed by atoms with E-state index < -0.39 is 23.9 Å². The third kappa shape index (κ3) is 16.4. The molecule has 266 valence electrons. The average Bonchev–Trinajstić information content (AvgIpc) is 3.10. The topological polar surface area (TPSA) is 197 Å². The van der Waals surface area contributed by atoms with Crippen molar-refractivity contribution in [2.24, 2.45) is 0 Å². The predicted molar refractivity (Wildman–Crippen MR) is 183 cm³/mol. The Morgan fingerprint density at radius 2 is 1.31 bits per heavy atom. The van der Waals surface area contributed by atoms with Gasteiger partial charge in [-0.3, -0.25) is 14.6 Å². The SMILES string of the molecule is COc1ccccc1N1CCN(CCCNC(=O)[C@H]2CCCCN2Cc2ccccc2)CC1.O=C(O)/C=C\C(=O)O.O=C(O)/C=C\C(=O)O. The smallest absolute Gasteiger partial charge is 0.328 e. The van der Waals surface area contributed by atoms with Crippen molar-refractivity contribution in [3.05, 3.63) is 84.5 Å². The number of amides is 1. The summed E-state index contributed by atoms with van der Waals surface area (Å²) in [5.41, 5.74) is 2.46. The number of hydrogen-bond acceptors (Lipinski definition) is 9. The fraction of sp³-hybridized carbons (Fsp3) is 0.400. The first-order chi connectivity index (χ1) is 23.5. The fourth-order valence-electron chi connectivity index (χ4n) is 5.32. The fourth-order valence-corrected chi connectivity index (χ4v) is 5.32. The molecule has 2 aliphatic heterocycles. The highest BCUT2D eigenvalue weighted by Gasteiger charge is 2.28. The van der Waals surface area contributed by atoms with Gasteiger partial charge in [-0.2, -0.15) is 0 Å². The first-order valence-corrected chi connectivity index (χ1v) is 15.9. The number of benzene rings is 2. The van der Waals surface area contributed by atoms with Crippen LogP contribution in [0.3, 0.4) is 0 Å². The number of carboxylic acid groups (broad SMARTS) is 4. The van der Waals surface area contributed by atoms with Crippen LogP contribution >= 0.6 is 0 Å². The summed E-state index contributed by atoms with van der Waals surface area (Å²) in [7, 11) is 1.73. The molecular weight excluding hydrogens is 636 g/mol. The number of carboxylic acids is 4. The second-order valence-electron chi connectivity index (χ2n) is 11.1. The Morgan fingerprint density at radius 3 is 1.86 bits per heavy atom. The molecule has 14 nitrogen and oxygen atoms in total. The largest absolute Gasteiger partial charge is 0.495 e. The Morgan fingerprint density at radius 1 is 0.755 bits per heavy atom. The maximum Gasteiger partial charge on any atom is 0.328 e. The van der Waals surface area contributed by atoms with Gasteiger partial charge in [0.2, 0.25) is 5.91 Å². The highest BCUT2D eigenvalue weighted by atomic mass is 16.5. The van der Waals surface area contributed by atoms with Crippen molar-refractivity contribution in [2.75, 3.05) is 57.8 Å². The molecule has 0 aliphatic carbocycles. The lowest BCUT2D eigenvalue weighted by molar-refractivity contribution is -0.134. The van der Waals surface area contributed by atoms with Gasteiger partial charge in [0.05, 0.1) is 18.8 Å². The lowest BCUT2D eigenvalue weighted by atomic mass is 10.0. The number of aliphatic carboxylic acids is 4. The minimum Gasteiger partial charge on any atom is -0.495 e. The van der Waals surface area contributed by atoms with E-state index in [9.17, 15) is 24.0 Å². The first kappa shape index (κ1) is 40.0. The molecule has 0 saturated carbocycles. The minimum atomic E-state index is -1.26. The van der Waals surface area contributed by atoms with Crippen LogP contribution in [0.2, 0.25) is 0 Å². The third-order valence-electron chi connectivity index (χ3n) is 7.63. The molecule has 5 N–H and O–H groups in total. The van der Waals surface area contributed by atoms with Gasteiger partial charge in [0.15, 0.2) is 0 Å². The highest BCUT2D eigenvalue weighted by molar-refractivity contribution is 5.90. The predicted octanol–water partition coefficient (Wildman–Crippen LogP) is 2.80. The molecule has 0 aromatic heterocycles. The minimum absolute atomic E-state index is 0.00311. The van der Waals surface area contributed by atoms with Crippen LogP contribution in [0.25, 0.3) is 0 Å². The van der Waals surface area contributed by atoms with Crippen LogP contribution in [0.4, 0.5) is 5.69 Å². The second kappa shape index (κ2) is 22.4. The van der Waals surface area contributed by atoms with E-state index in [2.05, 4.69) is 56.4 Å². The quantitative estimate of drug-likeness (QED) is 0.153. The lowest BCUT2D eigenvalue weighted by Gasteiger charge is -2.36. The zero-order valence-corrected chi connectivity index (χ0v) is 27.6. The molecule has 0 bridgehead atoms. The van der Waals surface area contributed by atoms with Crippen LogP contribution in [-0.2, 0) is 30.5 Å². The number of piperazine rings is 1. The molecule has 2 aliphatic rings. The van der Waals surface area contributed by atoms with Gasteiger partial charge >= 0.3 is 23.9 Å². The van der Waals surface area contributed by atoms with Crippen molar-refractivity contribution < 1.29 is 49.1 Å². The van der Waals surface area contributed by atoms with Gasteiger partial charge in [-0.05, 0) is 50.0 Å². The number of nitrogens with zero attached hydrogens (tertiary/aromatic N) is 3. The van der Waals surface area contributed by atoms with E-state index in [0.29, 0.717) is 24.3 Å². The van der Waals surface area contributed by atoms with Gasteiger partial charge in [0.25, 0.3) is 0 Å². The monoisotopic (exact) mass is 682 g/mol. The van der Waals surface area contributed by atoms with Gasteiger partial charge < -0.3 is 35.4 Å². The molecule has 2 aromatic carbocycles. The van der Waals surface area contributed by atoms with Gasteiger partial charge in [-0.25, -0.2) is 19.2 Å². The number of nitrogens with one attached hydrogen (secondary N) is 1. The maximum absolute atomic E-state index is 12.9. The third-order valence-corrected chi connectivity index (χ3v) is 7.63. The number of piperidine rings is 1. The molecular formula is C35H46N4O10. The van der Waals surface area contributed by atoms with Crippen molar-refractivity contribution in [1.29, 1.82) is 0 Å². The Kier molecular flexibility index (Phi) is 18.3. The van der Waals surface area contributed by atoms with Crippen LogP contribution in [0.15, 0.2) is 78.9 Å². The molecule has 4 rings (SSSR count). The number of carbonyl (C=O) groups is 5. The normalized spacial score (nSPS) is 16.5. The van der Waals surface area contributed by atoms with E-state index in [4.69, 9.17) is 25.2 Å². The molecule has 1 atom stereocenters. The average molecular weight is 683 g/mol. The van der Waals surface area contributed by atoms with Gasteiger partial charge in [0, 0.05) is 63.6 Å². The first-order valence-electron chi connectivity index (χ1n) is 15.9. The number of methoxy groups -OCH3 is 1. The van der Waals surface area contributed by atoms with E-state index in [1.165, 1.54) is 17.7 Å². The standard InChI is InChI=1S/C27H38N4O2.2C4H4O4/c1-33-26-14-6-5-12-24(26)30-20-18-29(19-21-30)16-9-15-28-27(32)25-13-7-8-17-31(25)22-23-10-3-2-4-11-23;2*5-3(6)1-2-4(7)8/h2-6,10-12,14,25H,7-9,13,15-22H2,1H3,(H,28,32);2*1-2H,(H,5,6)(H,7,8)/b;2*2-1-/t25-;;/m1../s1. The van der Waals surface area contributed by atoms with Gasteiger partial charge in [-0.15, -0.1) is 0 Å². The molecule has 49 heavy (non-hydrogen) atoms. The molecule has 0 unspecified atom stereocenters. The van der Waals surface area contributed by atoms with Crippen LogP contribution in [0.5, 0.6) is 5.75 Å². The highest BCUT2D eigenvalue weighted by Crippen LogP contribution is 2.28. The van der Waals surface area contributed by atoms with Crippen molar-refractivity contribution in [3.8, 4) is 5.75 Å². The van der Waals surface area contributed by atoms with Crippen LogP contribution < -0.4 is 15.0 Å². The van der Waals surface area contributed by atoms with Crippen LogP contribution in [-0.4, -0.2) is 119 Å². The summed E-state index contributed by atoms with van der Waals surface area (Å²) in [6.07, 6.45) is 6.50.